The van der Waals surface area contributed by atoms with Gasteiger partial charge in [0.25, 0.3) is 5.91 Å². The first-order valence-corrected chi connectivity index (χ1v) is 11.0. The zero-order valence-corrected chi connectivity index (χ0v) is 17.6. The lowest BCUT2D eigenvalue weighted by Gasteiger charge is -2.34. The summed E-state index contributed by atoms with van der Waals surface area (Å²) < 4.78 is 0. The number of amides is 1. The van der Waals surface area contributed by atoms with Crippen molar-refractivity contribution < 1.29 is 4.79 Å². The van der Waals surface area contributed by atoms with Crippen molar-refractivity contribution in [1.29, 1.82) is 0 Å². The van der Waals surface area contributed by atoms with Gasteiger partial charge in [0.1, 0.15) is 9.71 Å². The maximum atomic E-state index is 12.6. The molecule has 3 heterocycles. The highest BCUT2D eigenvalue weighted by molar-refractivity contribution is 7.21. The van der Waals surface area contributed by atoms with E-state index in [9.17, 15) is 4.79 Å². The Balaban J connectivity index is 1.61. The lowest BCUT2D eigenvalue weighted by molar-refractivity contribution is 0.0956. The van der Waals surface area contributed by atoms with Crippen molar-refractivity contribution in [2.24, 2.45) is 11.3 Å². The Kier molecular flexibility index (Phi) is 4.72. The van der Waals surface area contributed by atoms with Crippen molar-refractivity contribution in [3.05, 3.63) is 44.6 Å². The number of nitrogen functional groups attached to an aromatic ring is 1. The van der Waals surface area contributed by atoms with E-state index >= 15 is 0 Å². The quantitative estimate of drug-likeness (QED) is 0.650. The third-order valence-electron chi connectivity index (χ3n) is 5.52. The van der Waals surface area contributed by atoms with E-state index < -0.39 is 0 Å². The third kappa shape index (κ3) is 3.60. The van der Waals surface area contributed by atoms with Crippen molar-refractivity contribution in [3.63, 3.8) is 0 Å². The van der Waals surface area contributed by atoms with E-state index in [4.69, 9.17) is 10.7 Å². The van der Waals surface area contributed by atoms with E-state index in [1.807, 2.05) is 17.5 Å². The molecule has 0 saturated carbocycles. The lowest BCUT2D eigenvalue weighted by atomic mass is 9.71. The SMILES string of the molecule is CC(C)(C)C1CCc2nc3sc(C(=O)NCc4cccs4)c(N)c3cc2C1. The van der Waals surface area contributed by atoms with E-state index in [2.05, 4.69) is 32.2 Å². The lowest BCUT2D eigenvalue weighted by Crippen LogP contribution is -2.27. The van der Waals surface area contributed by atoms with Crippen LogP contribution in [0.3, 0.4) is 0 Å². The zero-order chi connectivity index (χ0) is 19.2. The number of anilines is 1. The van der Waals surface area contributed by atoms with Crippen molar-refractivity contribution in [1.82, 2.24) is 10.3 Å². The molecule has 0 fully saturated rings. The van der Waals surface area contributed by atoms with Gasteiger partial charge in [0.2, 0.25) is 0 Å². The minimum absolute atomic E-state index is 0.116. The predicted molar refractivity (Wildman–Crippen MR) is 114 cm³/mol. The summed E-state index contributed by atoms with van der Waals surface area (Å²) in [5, 5.41) is 5.91. The van der Waals surface area contributed by atoms with Gasteiger partial charge in [-0.25, -0.2) is 4.98 Å². The molecular weight excluding hydrogens is 374 g/mol. The molecule has 0 aromatic carbocycles. The van der Waals surface area contributed by atoms with Crippen LogP contribution in [0, 0.1) is 11.3 Å². The van der Waals surface area contributed by atoms with Crippen molar-refractivity contribution in [2.45, 2.75) is 46.6 Å². The Hall–Kier alpha value is -1.92. The van der Waals surface area contributed by atoms with E-state index in [1.54, 1.807) is 11.3 Å². The summed E-state index contributed by atoms with van der Waals surface area (Å²) in [5.41, 5.74) is 9.68. The molecular formula is C21H25N3OS2. The van der Waals surface area contributed by atoms with Gasteiger partial charge in [0, 0.05) is 16.0 Å². The van der Waals surface area contributed by atoms with Gasteiger partial charge in [-0.2, -0.15) is 0 Å². The first kappa shape index (κ1) is 18.4. The molecule has 0 spiro atoms. The fourth-order valence-corrected chi connectivity index (χ4v) is 5.42. The number of rotatable bonds is 3. The Labute approximate surface area is 167 Å². The smallest absolute Gasteiger partial charge is 0.263 e. The van der Waals surface area contributed by atoms with Gasteiger partial charge < -0.3 is 11.1 Å². The first-order valence-electron chi connectivity index (χ1n) is 9.34. The monoisotopic (exact) mass is 399 g/mol. The minimum Gasteiger partial charge on any atom is -0.397 e. The Morgan fingerprint density at radius 1 is 1.41 bits per heavy atom. The maximum Gasteiger partial charge on any atom is 0.263 e. The van der Waals surface area contributed by atoms with E-state index in [1.165, 1.54) is 29.0 Å². The number of aryl methyl sites for hydroxylation is 1. The van der Waals surface area contributed by atoms with E-state index in [0.717, 1.165) is 27.9 Å². The van der Waals surface area contributed by atoms with Crippen molar-refractivity contribution >= 4 is 44.5 Å². The molecule has 1 aliphatic carbocycles. The average molecular weight is 400 g/mol. The summed E-state index contributed by atoms with van der Waals surface area (Å²) in [4.78, 5) is 20.1. The number of carbonyl (C=O) groups is 1. The molecule has 1 atom stereocenters. The molecule has 0 bridgehead atoms. The van der Waals surface area contributed by atoms with Crippen LogP contribution < -0.4 is 11.1 Å². The summed E-state index contributed by atoms with van der Waals surface area (Å²) in [6.07, 6.45) is 3.21. The summed E-state index contributed by atoms with van der Waals surface area (Å²) in [5.74, 6) is 0.534. The molecule has 1 aliphatic rings. The molecule has 6 heteroatoms. The standard InChI is InChI=1S/C21H25N3OS2/c1-21(2,3)13-6-7-16-12(9-13)10-15-17(22)18(27-20(15)24-16)19(25)23-11-14-5-4-8-26-14/h4-5,8,10,13H,6-7,9,11,22H2,1-3H3,(H,23,25). The Morgan fingerprint density at radius 3 is 2.93 bits per heavy atom. The molecule has 3 N–H and O–H groups in total. The number of hydrogen-bond donors (Lipinski definition) is 2. The van der Waals surface area contributed by atoms with Gasteiger partial charge in [-0.15, -0.1) is 22.7 Å². The Morgan fingerprint density at radius 2 is 2.22 bits per heavy atom. The van der Waals surface area contributed by atoms with Crippen LogP contribution in [-0.4, -0.2) is 10.9 Å². The van der Waals surface area contributed by atoms with Gasteiger partial charge in [-0.1, -0.05) is 26.8 Å². The molecule has 142 valence electrons. The summed E-state index contributed by atoms with van der Waals surface area (Å²) in [7, 11) is 0. The van der Waals surface area contributed by atoms with Crippen LogP contribution in [0.2, 0.25) is 0 Å². The van der Waals surface area contributed by atoms with Crippen LogP contribution in [0.15, 0.2) is 23.6 Å². The number of aromatic nitrogens is 1. The van der Waals surface area contributed by atoms with Gasteiger partial charge in [0.05, 0.1) is 12.2 Å². The second kappa shape index (κ2) is 6.91. The van der Waals surface area contributed by atoms with E-state index in [0.29, 0.717) is 28.4 Å². The minimum atomic E-state index is -0.116. The fourth-order valence-electron chi connectivity index (χ4n) is 3.76. The van der Waals surface area contributed by atoms with Gasteiger partial charge >= 0.3 is 0 Å². The third-order valence-corrected chi connectivity index (χ3v) is 7.51. The maximum absolute atomic E-state index is 12.6. The van der Waals surface area contributed by atoms with Crippen LogP contribution in [-0.2, 0) is 19.4 Å². The predicted octanol–water partition coefficient (Wildman–Crippen LogP) is 5.02. The van der Waals surface area contributed by atoms with Gasteiger partial charge in [-0.05, 0) is 53.7 Å². The van der Waals surface area contributed by atoms with Crippen molar-refractivity contribution in [2.75, 3.05) is 5.73 Å². The van der Waals surface area contributed by atoms with E-state index in [-0.39, 0.29) is 5.91 Å². The molecule has 4 nitrogen and oxygen atoms in total. The van der Waals surface area contributed by atoms with Crippen LogP contribution in [0.5, 0.6) is 0 Å². The summed E-state index contributed by atoms with van der Waals surface area (Å²) in [6.45, 7) is 7.46. The van der Waals surface area contributed by atoms with Crippen LogP contribution in [0.4, 0.5) is 5.69 Å². The highest BCUT2D eigenvalue weighted by Crippen LogP contribution is 2.40. The molecule has 4 rings (SSSR count). The zero-order valence-electron chi connectivity index (χ0n) is 16.0. The highest BCUT2D eigenvalue weighted by atomic mass is 32.1. The van der Waals surface area contributed by atoms with Gasteiger partial charge in [-0.3, -0.25) is 4.79 Å². The average Bonchev–Trinajstić information content (AvgIpc) is 3.25. The largest absolute Gasteiger partial charge is 0.397 e. The number of pyridine rings is 1. The topological polar surface area (TPSA) is 68.0 Å². The number of hydrogen-bond acceptors (Lipinski definition) is 5. The molecule has 0 radical (unpaired) electrons. The molecule has 27 heavy (non-hydrogen) atoms. The fraction of sp³-hybridized carbons (Fsp3) is 0.429. The molecule has 0 saturated heterocycles. The number of nitrogens with zero attached hydrogens (tertiary/aromatic N) is 1. The van der Waals surface area contributed by atoms with Gasteiger partial charge in [0.15, 0.2) is 0 Å². The van der Waals surface area contributed by atoms with Crippen LogP contribution in [0.25, 0.3) is 10.2 Å². The Bertz CT molecular complexity index is 983. The molecule has 1 unspecified atom stereocenters. The van der Waals surface area contributed by atoms with Crippen LogP contribution in [0.1, 0.15) is 53.0 Å². The molecule has 3 aromatic rings. The highest BCUT2D eigenvalue weighted by Gasteiger charge is 2.30. The number of thiophene rings is 2. The normalized spacial score (nSPS) is 17.1. The van der Waals surface area contributed by atoms with Crippen molar-refractivity contribution in [3.8, 4) is 0 Å². The second-order valence-electron chi connectivity index (χ2n) is 8.36. The number of carbonyl (C=O) groups excluding carboxylic acids is 1. The molecule has 0 aliphatic heterocycles. The molecule has 1 amide bonds. The number of fused-ring (bicyclic) bond motifs is 2. The second-order valence-corrected chi connectivity index (χ2v) is 10.4. The summed E-state index contributed by atoms with van der Waals surface area (Å²) >= 11 is 3.04. The first-order chi connectivity index (χ1) is 12.8. The van der Waals surface area contributed by atoms with Crippen LogP contribution >= 0.6 is 22.7 Å². The number of nitrogens with two attached hydrogens (primary N) is 1. The summed E-state index contributed by atoms with van der Waals surface area (Å²) in [6, 6.07) is 6.18. The molecule has 3 aromatic heterocycles. The number of nitrogens with one attached hydrogen (secondary N) is 1.